The molecule has 2 rings (SSSR count). The van der Waals surface area contributed by atoms with Crippen LogP contribution in [0.2, 0.25) is 5.02 Å². The van der Waals surface area contributed by atoms with Gasteiger partial charge < -0.3 is 30.8 Å². The van der Waals surface area contributed by atoms with Crippen molar-refractivity contribution in [3.05, 3.63) is 28.8 Å². The largest absolute Gasteiger partial charge is 0.481 e. The van der Waals surface area contributed by atoms with E-state index in [1.54, 1.807) is 0 Å². The fourth-order valence-electron chi connectivity index (χ4n) is 3.44. The Morgan fingerprint density at radius 3 is 2.52 bits per heavy atom. The molecular formula is C21H25ClN4O7. The molecule has 1 aromatic rings. The fourth-order valence-corrected chi connectivity index (χ4v) is 3.67. The van der Waals surface area contributed by atoms with Gasteiger partial charge in [0, 0.05) is 19.0 Å². The number of nitrogens with zero attached hydrogens (tertiary/aromatic N) is 1. The molecule has 12 heteroatoms. The normalized spacial score (nSPS) is 16.9. The molecule has 0 saturated carbocycles. The molecule has 4 N–H and O–H groups in total. The van der Waals surface area contributed by atoms with Crippen LogP contribution >= 0.6 is 11.6 Å². The Hall–Kier alpha value is -3.47. The first-order valence-electron chi connectivity index (χ1n) is 10.2. The summed E-state index contributed by atoms with van der Waals surface area (Å²) in [5.41, 5.74) is 0.513. The van der Waals surface area contributed by atoms with Gasteiger partial charge >= 0.3 is 5.97 Å². The molecular weight excluding hydrogens is 456 g/mol. The fraction of sp³-hybridized carbons (Fsp3) is 0.429. The predicted molar refractivity (Wildman–Crippen MR) is 118 cm³/mol. The summed E-state index contributed by atoms with van der Waals surface area (Å²) in [6.07, 6.45) is 0.649. The van der Waals surface area contributed by atoms with Crippen LogP contribution in [0.25, 0.3) is 0 Å². The van der Waals surface area contributed by atoms with Crippen molar-refractivity contribution >= 4 is 53.2 Å². The third-order valence-corrected chi connectivity index (χ3v) is 5.30. The lowest BCUT2D eigenvalue weighted by atomic mass is 10.1. The zero-order valence-electron chi connectivity index (χ0n) is 18.1. The molecule has 1 aromatic carbocycles. The number of amides is 4. The van der Waals surface area contributed by atoms with Crippen molar-refractivity contribution in [3.8, 4) is 0 Å². The zero-order chi connectivity index (χ0) is 24.7. The van der Waals surface area contributed by atoms with E-state index in [2.05, 4.69) is 16.0 Å². The summed E-state index contributed by atoms with van der Waals surface area (Å²) in [6.45, 7) is 3.07. The van der Waals surface area contributed by atoms with Gasteiger partial charge in [0.2, 0.25) is 17.7 Å². The standard InChI is InChI=1S/C21H25ClN4O7/c1-11(23-19(31)13-5-6-16(15(22)8-13)24-12(2)28)21(33)26-7-3-4-17(26)20(32)25-14(10-27)9-18(29)30/h5-6,8,10-11,14,17H,3-4,7,9H2,1-2H3,(H,23,31)(H,24,28)(H,25,32)(H,29,30)/t11-,14-,17?/m0/s1. The summed E-state index contributed by atoms with van der Waals surface area (Å²) >= 11 is 6.08. The van der Waals surface area contributed by atoms with E-state index >= 15 is 0 Å². The van der Waals surface area contributed by atoms with E-state index in [4.69, 9.17) is 16.7 Å². The number of halogens is 1. The number of carbonyl (C=O) groups excluding carboxylic acids is 5. The minimum atomic E-state index is -1.24. The molecule has 178 valence electrons. The monoisotopic (exact) mass is 480 g/mol. The predicted octanol–water partition coefficient (Wildman–Crippen LogP) is 0.566. The van der Waals surface area contributed by atoms with Crippen LogP contribution in [0.1, 0.15) is 43.5 Å². The Kier molecular flexibility index (Phi) is 8.92. The maximum atomic E-state index is 12.9. The average Bonchev–Trinajstić information content (AvgIpc) is 3.23. The van der Waals surface area contributed by atoms with E-state index in [1.807, 2.05) is 0 Å². The highest BCUT2D eigenvalue weighted by atomic mass is 35.5. The van der Waals surface area contributed by atoms with Crippen LogP contribution in [0, 0.1) is 0 Å². The van der Waals surface area contributed by atoms with Crippen molar-refractivity contribution in [2.45, 2.75) is 51.2 Å². The minimum absolute atomic E-state index is 0.152. The van der Waals surface area contributed by atoms with Crippen LogP contribution in [-0.4, -0.2) is 70.6 Å². The first kappa shape index (κ1) is 25.8. The molecule has 1 saturated heterocycles. The maximum absolute atomic E-state index is 12.9. The molecule has 33 heavy (non-hydrogen) atoms. The third kappa shape index (κ3) is 7.01. The zero-order valence-corrected chi connectivity index (χ0v) is 18.8. The van der Waals surface area contributed by atoms with E-state index in [0.717, 1.165) is 0 Å². The van der Waals surface area contributed by atoms with Gasteiger partial charge in [-0.15, -0.1) is 0 Å². The summed E-state index contributed by atoms with van der Waals surface area (Å²) in [6, 6.07) is 1.22. The molecule has 0 bridgehead atoms. The first-order chi connectivity index (χ1) is 15.5. The lowest BCUT2D eigenvalue weighted by Crippen LogP contribution is -2.54. The second-order valence-electron chi connectivity index (χ2n) is 7.61. The van der Waals surface area contributed by atoms with Gasteiger partial charge in [0.25, 0.3) is 5.91 Å². The number of nitrogens with one attached hydrogen (secondary N) is 3. The summed E-state index contributed by atoms with van der Waals surface area (Å²) in [5, 5.41) is 16.4. The Bertz CT molecular complexity index is 968. The number of rotatable bonds is 9. The summed E-state index contributed by atoms with van der Waals surface area (Å²) in [7, 11) is 0. The number of aldehydes is 1. The number of anilines is 1. The van der Waals surface area contributed by atoms with Crippen molar-refractivity contribution in [1.29, 1.82) is 0 Å². The smallest absolute Gasteiger partial charge is 0.305 e. The number of aliphatic carboxylic acids is 1. The van der Waals surface area contributed by atoms with Crippen LogP contribution in [0.5, 0.6) is 0 Å². The number of carbonyl (C=O) groups is 6. The highest BCUT2D eigenvalue weighted by molar-refractivity contribution is 6.34. The molecule has 0 spiro atoms. The van der Waals surface area contributed by atoms with Gasteiger partial charge in [-0.25, -0.2) is 0 Å². The maximum Gasteiger partial charge on any atom is 0.305 e. The van der Waals surface area contributed by atoms with Crippen LogP contribution < -0.4 is 16.0 Å². The topological polar surface area (TPSA) is 162 Å². The molecule has 1 heterocycles. The van der Waals surface area contributed by atoms with Gasteiger partial charge in [-0.2, -0.15) is 0 Å². The van der Waals surface area contributed by atoms with E-state index in [1.165, 1.54) is 36.9 Å². The third-order valence-electron chi connectivity index (χ3n) is 4.98. The van der Waals surface area contributed by atoms with Gasteiger partial charge in [-0.05, 0) is 38.0 Å². The van der Waals surface area contributed by atoms with Crippen molar-refractivity contribution < 1.29 is 33.9 Å². The summed E-state index contributed by atoms with van der Waals surface area (Å²) in [5.74, 6) is -3.26. The minimum Gasteiger partial charge on any atom is -0.481 e. The SMILES string of the molecule is CC(=O)Nc1ccc(C(=O)N[C@@H](C)C(=O)N2CCCC2C(=O)N[C@H](C=O)CC(=O)O)cc1Cl. The van der Waals surface area contributed by atoms with Crippen molar-refractivity contribution in [2.24, 2.45) is 0 Å². The molecule has 0 aromatic heterocycles. The number of benzene rings is 1. The van der Waals surface area contributed by atoms with Gasteiger partial charge in [-0.3, -0.25) is 24.0 Å². The van der Waals surface area contributed by atoms with Crippen LogP contribution in [0.15, 0.2) is 18.2 Å². The first-order valence-corrected chi connectivity index (χ1v) is 10.6. The molecule has 0 radical (unpaired) electrons. The van der Waals surface area contributed by atoms with E-state index < -0.39 is 48.2 Å². The number of hydrogen-bond donors (Lipinski definition) is 4. The molecule has 1 unspecified atom stereocenters. The lowest BCUT2D eigenvalue weighted by Gasteiger charge is -2.27. The van der Waals surface area contributed by atoms with E-state index in [9.17, 15) is 28.8 Å². The van der Waals surface area contributed by atoms with Crippen molar-refractivity contribution in [3.63, 3.8) is 0 Å². The number of carboxylic acid groups (broad SMARTS) is 1. The lowest BCUT2D eigenvalue weighted by molar-refractivity contribution is -0.141. The summed E-state index contributed by atoms with van der Waals surface area (Å²) in [4.78, 5) is 72.3. The van der Waals surface area contributed by atoms with Gasteiger partial charge in [0.05, 0.1) is 23.2 Å². The highest BCUT2D eigenvalue weighted by Crippen LogP contribution is 2.23. The number of hydrogen-bond acceptors (Lipinski definition) is 6. The van der Waals surface area contributed by atoms with Gasteiger partial charge in [-0.1, -0.05) is 11.6 Å². The second-order valence-corrected chi connectivity index (χ2v) is 8.02. The number of carboxylic acids is 1. The Morgan fingerprint density at radius 2 is 1.94 bits per heavy atom. The Morgan fingerprint density at radius 1 is 1.24 bits per heavy atom. The molecule has 4 amide bonds. The van der Waals surface area contributed by atoms with Gasteiger partial charge in [0.1, 0.15) is 18.4 Å². The van der Waals surface area contributed by atoms with Crippen LogP contribution in [-0.2, 0) is 24.0 Å². The van der Waals surface area contributed by atoms with Crippen molar-refractivity contribution in [1.82, 2.24) is 15.5 Å². The molecule has 3 atom stereocenters. The Labute approximate surface area is 194 Å². The van der Waals surface area contributed by atoms with E-state index in [0.29, 0.717) is 24.8 Å². The summed E-state index contributed by atoms with van der Waals surface area (Å²) < 4.78 is 0. The molecule has 11 nitrogen and oxygen atoms in total. The molecule has 1 fully saturated rings. The average molecular weight is 481 g/mol. The Balaban J connectivity index is 2.03. The van der Waals surface area contributed by atoms with Crippen molar-refractivity contribution in [2.75, 3.05) is 11.9 Å². The second kappa shape index (κ2) is 11.4. The van der Waals surface area contributed by atoms with Gasteiger partial charge in [0.15, 0.2) is 0 Å². The molecule has 1 aliphatic rings. The molecule has 1 aliphatic heterocycles. The number of likely N-dealkylation sites (tertiary alicyclic amines) is 1. The van der Waals surface area contributed by atoms with E-state index in [-0.39, 0.29) is 23.0 Å². The van der Waals surface area contributed by atoms with Crippen LogP contribution in [0.3, 0.4) is 0 Å². The van der Waals surface area contributed by atoms with Crippen LogP contribution in [0.4, 0.5) is 5.69 Å². The quantitative estimate of drug-likeness (QED) is 0.375. The molecule has 0 aliphatic carbocycles. The highest BCUT2D eigenvalue weighted by Gasteiger charge is 2.37.